The Labute approximate surface area is 133 Å². The molecule has 0 spiro atoms. The van der Waals surface area contributed by atoms with E-state index in [0.717, 1.165) is 6.54 Å². The predicted octanol–water partition coefficient (Wildman–Crippen LogP) is 2.84. The molecule has 7 heteroatoms. The van der Waals surface area contributed by atoms with Crippen LogP contribution in [0, 0.1) is 11.8 Å². The van der Waals surface area contributed by atoms with E-state index in [-0.39, 0.29) is 17.4 Å². The van der Waals surface area contributed by atoms with Crippen LogP contribution in [0.1, 0.15) is 18.9 Å². The third kappa shape index (κ3) is 4.54. The number of carbonyl (C=O) groups is 1. The van der Waals surface area contributed by atoms with Gasteiger partial charge in [-0.15, -0.1) is 0 Å². The summed E-state index contributed by atoms with van der Waals surface area (Å²) in [5.41, 5.74) is 0.558. The minimum Gasteiger partial charge on any atom is -0.493 e. The van der Waals surface area contributed by atoms with E-state index in [0.29, 0.717) is 25.1 Å². The van der Waals surface area contributed by atoms with E-state index >= 15 is 0 Å². The van der Waals surface area contributed by atoms with Crippen LogP contribution in [-0.2, 0) is 11.3 Å². The zero-order valence-electron chi connectivity index (χ0n) is 13.2. The first-order chi connectivity index (χ1) is 10.9. The minimum atomic E-state index is -2.95. The molecule has 23 heavy (non-hydrogen) atoms. The quantitative estimate of drug-likeness (QED) is 0.870. The van der Waals surface area contributed by atoms with Crippen molar-refractivity contribution in [2.24, 2.45) is 11.8 Å². The number of carboxylic acids is 1. The molecule has 0 saturated carbocycles. The normalized spacial score (nSPS) is 22.1. The zero-order chi connectivity index (χ0) is 17.0. The summed E-state index contributed by atoms with van der Waals surface area (Å²) in [7, 11) is 1.39. The van der Waals surface area contributed by atoms with Crippen molar-refractivity contribution in [3.63, 3.8) is 0 Å². The number of hydrogen-bond donors (Lipinski definition) is 1. The lowest BCUT2D eigenvalue weighted by molar-refractivity contribution is -0.144. The van der Waals surface area contributed by atoms with Crippen LogP contribution in [0.25, 0.3) is 0 Å². The second-order valence-corrected chi connectivity index (χ2v) is 5.90. The summed E-state index contributed by atoms with van der Waals surface area (Å²) in [6.07, 6.45) is 0.629. The number of ether oxygens (including phenoxy) is 2. The lowest BCUT2D eigenvalue weighted by Gasteiger charge is -2.35. The SMILES string of the molecule is COc1cccc(CN2CC(C)CC(C(=O)O)C2)c1OC(F)F. The van der Waals surface area contributed by atoms with Crippen molar-refractivity contribution >= 4 is 5.97 Å². The Morgan fingerprint density at radius 1 is 1.43 bits per heavy atom. The first kappa shape index (κ1) is 17.5. The molecule has 2 rings (SSSR count). The summed E-state index contributed by atoms with van der Waals surface area (Å²) in [4.78, 5) is 13.2. The van der Waals surface area contributed by atoms with E-state index < -0.39 is 18.5 Å². The summed E-state index contributed by atoms with van der Waals surface area (Å²) in [6, 6.07) is 4.95. The Morgan fingerprint density at radius 3 is 2.78 bits per heavy atom. The predicted molar refractivity (Wildman–Crippen MR) is 79.8 cm³/mol. The number of aliphatic carboxylic acids is 1. The molecule has 1 aromatic carbocycles. The molecule has 128 valence electrons. The summed E-state index contributed by atoms with van der Waals surface area (Å²) in [5, 5.41) is 9.23. The van der Waals surface area contributed by atoms with Crippen LogP contribution in [0.3, 0.4) is 0 Å². The number of alkyl halides is 2. The van der Waals surface area contributed by atoms with E-state index in [9.17, 15) is 18.7 Å². The van der Waals surface area contributed by atoms with Gasteiger partial charge in [0, 0.05) is 25.2 Å². The number of nitrogens with zero attached hydrogens (tertiary/aromatic N) is 1. The van der Waals surface area contributed by atoms with E-state index in [1.54, 1.807) is 18.2 Å². The van der Waals surface area contributed by atoms with Crippen LogP contribution in [0.4, 0.5) is 8.78 Å². The zero-order valence-corrected chi connectivity index (χ0v) is 13.2. The number of hydrogen-bond acceptors (Lipinski definition) is 4. The molecule has 0 radical (unpaired) electrons. The average Bonchev–Trinajstić information content (AvgIpc) is 2.47. The fourth-order valence-electron chi connectivity index (χ4n) is 3.08. The lowest BCUT2D eigenvalue weighted by Crippen LogP contribution is -2.42. The topological polar surface area (TPSA) is 59.0 Å². The van der Waals surface area contributed by atoms with Crippen molar-refractivity contribution < 1.29 is 28.2 Å². The van der Waals surface area contributed by atoms with Crippen molar-refractivity contribution in [2.75, 3.05) is 20.2 Å². The lowest BCUT2D eigenvalue weighted by atomic mass is 9.90. The largest absolute Gasteiger partial charge is 0.493 e. The molecule has 5 nitrogen and oxygen atoms in total. The average molecular weight is 329 g/mol. The van der Waals surface area contributed by atoms with Crippen molar-refractivity contribution in [1.29, 1.82) is 0 Å². The Bertz CT molecular complexity index is 553. The maximum Gasteiger partial charge on any atom is 0.387 e. The van der Waals surface area contributed by atoms with Crippen LogP contribution < -0.4 is 9.47 Å². The number of methoxy groups -OCH3 is 1. The molecule has 0 aromatic heterocycles. The molecule has 1 saturated heterocycles. The molecule has 1 heterocycles. The van der Waals surface area contributed by atoms with E-state index in [1.807, 2.05) is 11.8 Å². The first-order valence-corrected chi connectivity index (χ1v) is 7.46. The van der Waals surface area contributed by atoms with Gasteiger partial charge in [-0.25, -0.2) is 0 Å². The van der Waals surface area contributed by atoms with Crippen LogP contribution in [0.15, 0.2) is 18.2 Å². The maximum atomic E-state index is 12.7. The number of benzene rings is 1. The molecule has 1 aliphatic heterocycles. The van der Waals surface area contributed by atoms with Crippen LogP contribution in [-0.4, -0.2) is 42.8 Å². The second-order valence-electron chi connectivity index (χ2n) is 5.90. The van der Waals surface area contributed by atoms with Crippen LogP contribution >= 0.6 is 0 Å². The maximum absolute atomic E-state index is 12.7. The van der Waals surface area contributed by atoms with Gasteiger partial charge in [-0.1, -0.05) is 19.1 Å². The highest BCUT2D eigenvalue weighted by Crippen LogP contribution is 2.34. The van der Waals surface area contributed by atoms with Gasteiger partial charge in [-0.05, 0) is 18.4 Å². The van der Waals surface area contributed by atoms with Gasteiger partial charge in [-0.2, -0.15) is 8.78 Å². The van der Waals surface area contributed by atoms with Crippen molar-refractivity contribution in [3.8, 4) is 11.5 Å². The van der Waals surface area contributed by atoms with E-state index in [4.69, 9.17) is 4.74 Å². The van der Waals surface area contributed by atoms with Gasteiger partial charge in [-0.3, -0.25) is 9.69 Å². The summed E-state index contributed by atoms with van der Waals surface area (Å²) >= 11 is 0. The van der Waals surface area contributed by atoms with E-state index in [1.165, 1.54) is 7.11 Å². The molecule has 1 aromatic rings. The molecule has 0 amide bonds. The minimum absolute atomic E-state index is 0.00935. The Morgan fingerprint density at radius 2 is 2.17 bits per heavy atom. The number of likely N-dealkylation sites (tertiary alicyclic amines) is 1. The fraction of sp³-hybridized carbons (Fsp3) is 0.562. The molecule has 1 aliphatic rings. The Kier molecular flexibility index (Phi) is 5.76. The Balaban J connectivity index is 2.20. The number of para-hydroxylation sites is 1. The van der Waals surface area contributed by atoms with Crippen LogP contribution in [0.2, 0.25) is 0 Å². The standard InChI is InChI=1S/C16H21F2NO4/c1-10-6-12(15(20)21)9-19(7-10)8-11-4-3-5-13(22-2)14(11)23-16(17)18/h3-5,10,12,16H,6-9H2,1-2H3,(H,20,21). The van der Waals surface area contributed by atoms with Crippen LogP contribution in [0.5, 0.6) is 11.5 Å². The number of piperidine rings is 1. The third-order valence-electron chi connectivity index (χ3n) is 3.97. The number of rotatable bonds is 6. The molecular formula is C16H21F2NO4. The molecule has 0 aliphatic carbocycles. The van der Waals surface area contributed by atoms with Crippen molar-refractivity contribution in [2.45, 2.75) is 26.5 Å². The summed E-state index contributed by atoms with van der Waals surface area (Å²) < 4.78 is 35.0. The number of halogens is 2. The van der Waals surface area contributed by atoms with Gasteiger partial charge in [0.2, 0.25) is 0 Å². The summed E-state index contributed by atoms with van der Waals surface area (Å²) in [6.45, 7) is 0.495. The molecule has 2 atom stereocenters. The van der Waals surface area contributed by atoms with Gasteiger partial charge >= 0.3 is 12.6 Å². The molecule has 1 fully saturated rings. The fourth-order valence-corrected chi connectivity index (χ4v) is 3.08. The van der Waals surface area contributed by atoms with Gasteiger partial charge in [0.15, 0.2) is 11.5 Å². The smallest absolute Gasteiger partial charge is 0.387 e. The monoisotopic (exact) mass is 329 g/mol. The van der Waals surface area contributed by atoms with Crippen molar-refractivity contribution in [3.05, 3.63) is 23.8 Å². The first-order valence-electron chi connectivity index (χ1n) is 7.46. The van der Waals surface area contributed by atoms with Gasteiger partial charge in [0.1, 0.15) is 0 Å². The summed E-state index contributed by atoms with van der Waals surface area (Å²) in [5.74, 6) is -0.785. The van der Waals surface area contributed by atoms with Gasteiger partial charge < -0.3 is 14.6 Å². The second kappa shape index (κ2) is 7.59. The Hall–Kier alpha value is -1.89. The highest BCUT2D eigenvalue weighted by Gasteiger charge is 2.30. The van der Waals surface area contributed by atoms with Crippen molar-refractivity contribution in [1.82, 2.24) is 4.90 Å². The molecular weight excluding hydrogens is 308 g/mol. The molecule has 1 N–H and O–H groups in total. The van der Waals surface area contributed by atoms with Gasteiger partial charge in [0.05, 0.1) is 13.0 Å². The molecule has 2 unspecified atom stereocenters. The van der Waals surface area contributed by atoms with Gasteiger partial charge in [0.25, 0.3) is 0 Å². The highest BCUT2D eigenvalue weighted by atomic mass is 19.3. The number of carboxylic acid groups (broad SMARTS) is 1. The van der Waals surface area contributed by atoms with E-state index in [2.05, 4.69) is 4.74 Å². The highest BCUT2D eigenvalue weighted by molar-refractivity contribution is 5.70. The third-order valence-corrected chi connectivity index (χ3v) is 3.97. The molecule has 0 bridgehead atoms.